The molecular weight excluding hydrogens is 360 g/mol. The Labute approximate surface area is 155 Å². The van der Waals surface area contributed by atoms with Gasteiger partial charge in [-0.2, -0.15) is 0 Å². The largest absolute Gasteiger partial charge is 0.461 e. The van der Waals surface area contributed by atoms with E-state index in [0.29, 0.717) is 16.3 Å². The van der Waals surface area contributed by atoms with Crippen molar-refractivity contribution in [1.29, 1.82) is 0 Å². The highest BCUT2D eigenvalue weighted by molar-refractivity contribution is 6.31. The van der Waals surface area contributed by atoms with Crippen molar-refractivity contribution >= 4 is 34.9 Å². The monoisotopic (exact) mass is 376 g/mol. The summed E-state index contributed by atoms with van der Waals surface area (Å²) >= 11 is 5.99. The first-order chi connectivity index (χ1) is 12.3. The first-order valence-corrected chi connectivity index (χ1v) is 8.18. The van der Waals surface area contributed by atoms with Crippen LogP contribution in [0.1, 0.15) is 24.0 Å². The van der Waals surface area contributed by atoms with Gasteiger partial charge in [0.1, 0.15) is 6.61 Å². The zero-order valence-electron chi connectivity index (χ0n) is 14.0. The minimum Gasteiger partial charge on any atom is -0.461 e. The third-order valence-electron chi connectivity index (χ3n) is 3.53. The van der Waals surface area contributed by atoms with E-state index < -0.39 is 10.9 Å². The van der Waals surface area contributed by atoms with Gasteiger partial charge in [0.15, 0.2) is 0 Å². The number of nitro groups is 1. The molecule has 1 N–H and O–H groups in total. The number of aryl methyl sites for hydroxylation is 1. The van der Waals surface area contributed by atoms with Crippen LogP contribution in [0.4, 0.5) is 11.4 Å². The number of rotatable bonds is 7. The number of nitrogens with one attached hydrogen (secondary N) is 1. The molecule has 2 aromatic carbocycles. The molecule has 0 heterocycles. The lowest BCUT2D eigenvalue weighted by atomic mass is 10.2. The molecule has 26 heavy (non-hydrogen) atoms. The molecule has 0 saturated carbocycles. The number of hydrogen-bond acceptors (Lipinski definition) is 5. The van der Waals surface area contributed by atoms with Crippen molar-refractivity contribution < 1.29 is 19.2 Å². The first-order valence-electron chi connectivity index (χ1n) is 7.80. The van der Waals surface area contributed by atoms with Crippen LogP contribution in [-0.2, 0) is 20.9 Å². The van der Waals surface area contributed by atoms with E-state index in [1.165, 1.54) is 18.2 Å². The summed E-state index contributed by atoms with van der Waals surface area (Å²) in [4.78, 5) is 33.8. The predicted molar refractivity (Wildman–Crippen MR) is 96.9 cm³/mol. The lowest BCUT2D eigenvalue weighted by Crippen LogP contribution is -2.14. The predicted octanol–water partition coefficient (Wildman–Crippen LogP) is 4.02. The van der Waals surface area contributed by atoms with Crippen LogP contribution >= 0.6 is 11.6 Å². The van der Waals surface area contributed by atoms with E-state index in [2.05, 4.69) is 5.32 Å². The number of esters is 1. The third kappa shape index (κ3) is 5.86. The van der Waals surface area contributed by atoms with Gasteiger partial charge in [-0.15, -0.1) is 0 Å². The Morgan fingerprint density at radius 3 is 2.65 bits per heavy atom. The number of benzene rings is 2. The van der Waals surface area contributed by atoms with Crippen LogP contribution in [-0.4, -0.2) is 16.8 Å². The summed E-state index contributed by atoms with van der Waals surface area (Å²) in [6.45, 7) is 1.76. The van der Waals surface area contributed by atoms with Crippen LogP contribution in [0.5, 0.6) is 0 Å². The molecule has 0 saturated heterocycles. The van der Waals surface area contributed by atoms with Gasteiger partial charge in [0.05, 0.1) is 11.3 Å². The van der Waals surface area contributed by atoms with Crippen molar-refractivity contribution in [3.63, 3.8) is 0 Å². The Bertz CT molecular complexity index is 838. The third-order valence-corrected chi connectivity index (χ3v) is 3.94. The van der Waals surface area contributed by atoms with E-state index in [1.54, 1.807) is 24.3 Å². The highest BCUT2D eigenvalue weighted by Crippen LogP contribution is 2.20. The highest BCUT2D eigenvalue weighted by atomic mass is 35.5. The van der Waals surface area contributed by atoms with Gasteiger partial charge in [0.2, 0.25) is 5.91 Å². The smallest absolute Gasteiger partial charge is 0.306 e. The van der Waals surface area contributed by atoms with Gasteiger partial charge in [-0.25, -0.2) is 0 Å². The van der Waals surface area contributed by atoms with Gasteiger partial charge in [-0.3, -0.25) is 19.7 Å². The maximum atomic E-state index is 11.9. The van der Waals surface area contributed by atoms with Gasteiger partial charge in [-0.1, -0.05) is 29.8 Å². The molecule has 0 unspecified atom stereocenters. The second kappa shape index (κ2) is 8.96. The molecule has 2 aromatic rings. The summed E-state index contributed by atoms with van der Waals surface area (Å²) in [6.07, 6.45) is -0.139. The normalized spacial score (nSPS) is 10.2. The number of non-ortho nitro benzene ring substituents is 1. The molecule has 0 aliphatic carbocycles. The van der Waals surface area contributed by atoms with Gasteiger partial charge >= 0.3 is 5.97 Å². The Morgan fingerprint density at radius 1 is 1.19 bits per heavy atom. The second-order valence-corrected chi connectivity index (χ2v) is 6.01. The van der Waals surface area contributed by atoms with Crippen molar-refractivity contribution in [3.8, 4) is 0 Å². The summed E-state index contributed by atoms with van der Waals surface area (Å²) in [6, 6.07) is 11.0. The molecule has 0 radical (unpaired) electrons. The van der Waals surface area contributed by atoms with E-state index in [9.17, 15) is 19.7 Å². The fraction of sp³-hybridized carbons (Fsp3) is 0.222. The fourth-order valence-corrected chi connectivity index (χ4v) is 2.29. The average Bonchev–Trinajstić information content (AvgIpc) is 2.61. The first kappa shape index (κ1) is 19.4. The Hall–Kier alpha value is -2.93. The number of anilines is 1. The molecule has 0 aliphatic rings. The second-order valence-electron chi connectivity index (χ2n) is 5.60. The van der Waals surface area contributed by atoms with Crippen LogP contribution in [0.3, 0.4) is 0 Å². The summed E-state index contributed by atoms with van der Waals surface area (Å²) in [5.41, 5.74) is 1.88. The maximum Gasteiger partial charge on any atom is 0.306 e. The lowest BCUT2D eigenvalue weighted by molar-refractivity contribution is -0.384. The maximum absolute atomic E-state index is 11.9. The average molecular weight is 377 g/mol. The summed E-state index contributed by atoms with van der Waals surface area (Å²) < 4.78 is 5.04. The number of carbonyl (C=O) groups is 2. The van der Waals surface area contributed by atoms with Gasteiger partial charge < -0.3 is 10.1 Å². The number of nitro benzene ring substituents is 1. The van der Waals surface area contributed by atoms with Gasteiger partial charge in [0, 0.05) is 29.3 Å². The molecule has 0 aromatic heterocycles. The zero-order valence-corrected chi connectivity index (χ0v) is 14.8. The van der Waals surface area contributed by atoms with Crippen molar-refractivity contribution in [2.75, 3.05) is 5.32 Å². The molecule has 7 nitrogen and oxygen atoms in total. The topological polar surface area (TPSA) is 98.5 Å². The molecule has 1 amide bonds. The molecule has 0 aliphatic heterocycles. The number of nitrogens with zero attached hydrogens (tertiary/aromatic N) is 1. The van der Waals surface area contributed by atoms with E-state index >= 15 is 0 Å². The van der Waals surface area contributed by atoms with Gasteiger partial charge in [0.25, 0.3) is 5.69 Å². The highest BCUT2D eigenvalue weighted by Gasteiger charge is 2.11. The molecular formula is C18H17ClN2O5. The van der Waals surface area contributed by atoms with E-state index in [0.717, 1.165) is 5.56 Å². The fourth-order valence-electron chi connectivity index (χ4n) is 2.11. The molecule has 8 heteroatoms. The van der Waals surface area contributed by atoms with E-state index in [-0.39, 0.29) is 31.0 Å². The Kier molecular flexibility index (Phi) is 6.68. The number of halogens is 1. The minimum atomic E-state index is -0.561. The summed E-state index contributed by atoms with van der Waals surface area (Å²) in [5, 5.41) is 13.9. The van der Waals surface area contributed by atoms with Crippen LogP contribution in [0, 0.1) is 17.0 Å². The molecule has 136 valence electrons. The molecule has 0 atom stereocenters. The van der Waals surface area contributed by atoms with Crippen LogP contribution in [0.15, 0.2) is 42.5 Å². The van der Waals surface area contributed by atoms with E-state index in [1.807, 2.05) is 6.92 Å². The van der Waals surface area contributed by atoms with Crippen LogP contribution in [0.25, 0.3) is 0 Å². The summed E-state index contributed by atoms with van der Waals surface area (Å²) in [5.74, 6) is -0.897. The molecule has 0 bridgehead atoms. The van der Waals surface area contributed by atoms with Crippen LogP contribution in [0.2, 0.25) is 5.02 Å². The zero-order chi connectivity index (χ0) is 19.1. The van der Waals surface area contributed by atoms with Crippen molar-refractivity contribution in [3.05, 3.63) is 68.7 Å². The Balaban J connectivity index is 1.77. The Morgan fingerprint density at radius 2 is 1.96 bits per heavy atom. The quantitative estimate of drug-likeness (QED) is 0.447. The number of carbonyl (C=O) groups excluding carboxylic acids is 2. The number of ether oxygens (including phenoxy) is 1. The van der Waals surface area contributed by atoms with Crippen molar-refractivity contribution in [2.45, 2.75) is 26.4 Å². The van der Waals surface area contributed by atoms with Crippen molar-refractivity contribution in [1.82, 2.24) is 0 Å². The molecule has 0 fully saturated rings. The van der Waals surface area contributed by atoms with Gasteiger partial charge in [-0.05, 0) is 30.2 Å². The number of hydrogen-bond donors (Lipinski definition) is 1. The van der Waals surface area contributed by atoms with Crippen molar-refractivity contribution in [2.24, 2.45) is 0 Å². The minimum absolute atomic E-state index is 0.0424. The standard InChI is InChI=1S/C18H17ClN2O5/c1-12-5-6-14(10-16(12)19)20-17(22)7-8-18(23)26-11-13-3-2-4-15(9-13)21(24)25/h2-6,9-10H,7-8,11H2,1H3,(H,20,22). The molecule has 2 rings (SSSR count). The molecule has 0 spiro atoms. The summed E-state index contributed by atoms with van der Waals surface area (Å²) in [7, 11) is 0. The van der Waals surface area contributed by atoms with E-state index in [4.69, 9.17) is 16.3 Å². The SMILES string of the molecule is Cc1ccc(NC(=O)CCC(=O)OCc2cccc([N+](=O)[O-])c2)cc1Cl. The van der Waals surface area contributed by atoms with Crippen LogP contribution < -0.4 is 5.32 Å². The lowest BCUT2D eigenvalue weighted by Gasteiger charge is -2.07. The number of amides is 1.